The number of nitrogens with zero attached hydrogens (tertiary/aromatic N) is 6. The highest BCUT2D eigenvalue weighted by Gasteiger charge is 2.23. The van der Waals surface area contributed by atoms with Crippen LogP contribution in [0.1, 0.15) is 5.56 Å². The summed E-state index contributed by atoms with van der Waals surface area (Å²) in [5, 5.41) is 19.9. The van der Waals surface area contributed by atoms with Crippen LogP contribution in [-0.4, -0.2) is 24.9 Å². The summed E-state index contributed by atoms with van der Waals surface area (Å²) in [4.78, 5) is 26.6. The summed E-state index contributed by atoms with van der Waals surface area (Å²) in [6, 6.07) is 124. The van der Waals surface area contributed by atoms with Crippen LogP contribution in [-0.2, 0) is 0 Å². The molecule has 0 radical (unpaired) electrons. The minimum Gasteiger partial charge on any atom is -0.228 e. The predicted octanol–water partition coefficient (Wildman–Crippen LogP) is 28.0. The second kappa shape index (κ2) is 26.1. The second-order valence-corrected chi connectivity index (χ2v) is 31.6. The number of nitriles is 1. The zero-order valence-corrected chi connectivity index (χ0v) is 60.9. The van der Waals surface area contributed by atoms with Crippen molar-refractivity contribution in [2.75, 3.05) is 0 Å². The lowest BCUT2D eigenvalue weighted by molar-refractivity contribution is 1.07. The number of benzene rings is 15. The first-order chi connectivity index (χ1) is 53.4. The number of thiophene rings is 4. The Hall–Kier alpha value is -13.2. The van der Waals surface area contributed by atoms with Crippen LogP contribution in [0, 0.1) is 11.3 Å². The van der Waals surface area contributed by atoms with Gasteiger partial charge in [-0.15, -0.1) is 45.3 Å². The molecule has 0 saturated heterocycles. The van der Waals surface area contributed by atoms with Crippen molar-refractivity contribution in [1.29, 1.82) is 5.26 Å². The molecule has 0 aliphatic heterocycles. The second-order valence-electron chi connectivity index (χ2n) is 27.3. The molecule has 502 valence electrons. The molecule has 6 aromatic heterocycles. The van der Waals surface area contributed by atoms with E-state index >= 15 is 0 Å². The molecule has 0 fully saturated rings. The van der Waals surface area contributed by atoms with Crippen LogP contribution in [0.5, 0.6) is 0 Å². The quantitative estimate of drug-likeness (QED) is 0.121. The van der Waals surface area contributed by atoms with Gasteiger partial charge in [-0.05, 0) is 164 Å². The molecule has 21 rings (SSSR count). The Morgan fingerprint density at radius 3 is 1.20 bits per heavy atom. The molecular weight excluding hydrogens is 1390 g/mol. The fraction of sp³-hybridized carbons (Fsp3) is 0. The van der Waals surface area contributed by atoms with Crippen LogP contribution in [0.3, 0.4) is 0 Å². The van der Waals surface area contributed by atoms with Gasteiger partial charge in [-0.1, -0.05) is 243 Å². The molecule has 0 unspecified atom stereocenters. The maximum Gasteiger partial charge on any atom is 0.164 e. The number of fused-ring (bicyclic) bond motifs is 12. The van der Waals surface area contributed by atoms with Crippen molar-refractivity contribution in [2.24, 2.45) is 0 Å². The molecule has 0 atom stereocenters. The van der Waals surface area contributed by atoms with Crippen LogP contribution < -0.4 is 0 Å². The third kappa shape index (κ3) is 11.2. The van der Waals surface area contributed by atoms with E-state index in [-0.39, 0.29) is 0 Å². The molecule has 0 spiro atoms. The smallest absolute Gasteiger partial charge is 0.164 e. The number of aromatic nitrogens is 5. The molecule has 6 nitrogen and oxygen atoms in total. The summed E-state index contributed by atoms with van der Waals surface area (Å²) in [5.74, 6) is 2.43. The van der Waals surface area contributed by atoms with Crippen LogP contribution in [0.2, 0.25) is 0 Å². The molecule has 0 N–H and O–H groups in total. The molecule has 0 saturated carbocycles. The summed E-state index contributed by atoms with van der Waals surface area (Å²) < 4.78 is 9.99. The van der Waals surface area contributed by atoms with E-state index in [2.05, 4.69) is 279 Å². The van der Waals surface area contributed by atoms with Gasteiger partial charge in [0.15, 0.2) is 23.3 Å². The lowest BCUT2D eigenvalue weighted by atomic mass is 9.91. The average Bonchev–Trinajstić information content (AvgIpc) is 1.39. The summed E-state index contributed by atoms with van der Waals surface area (Å²) in [7, 11) is 0. The molecular formula is C98H56N6S4. The van der Waals surface area contributed by atoms with E-state index in [4.69, 9.17) is 24.9 Å². The maximum absolute atomic E-state index is 10.1. The SMILES string of the molecule is N#Cc1cccc(-c2cc(-c3cc(-c4ccc5sc6ccccc6c5c4)ccc3-c3ccc4sc5c(-c6ccc7c(c6)sc6ccc(-c8ccc(-c9ccc%10sc%11ccccc%11c%10c9)c(-c9nc(-c%10ccccc%10)nc(-c%10ccc(-c%11ccccc%11)cc%10)n9)c8)cc67)cccc5c4c3)nc(-c3ccccc3)n2)c1. The zero-order chi connectivity index (χ0) is 71.3. The number of rotatable bonds is 12. The Labute approximate surface area is 637 Å². The third-order valence-electron chi connectivity index (χ3n) is 20.8. The molecule has 0 aliphatic rings. The number of hydrogen-bond donors (Lipinski definition) is 0. The van der Waals surface area contributed by atoms with Crippen molar-refractivity contribution in [3.05, 3.63) is 345 Å². The van der Waals surface area contributed by atoms with Gasteiger partial charge in [-0.3, -0.25) is 0 Å². The molecule has 21 aromatic rings. The highest BCUT2D eigenvalue weighted by atomic mass is 32.1. The molecule has 6 heterocycles. The van der Waals surface area contributed by atoms with Gasteiger partial charge in [-0.2, -0.15) is 5.26 Å². The average molecular weight is 1450 g/mol. The molecule has 108 heavy (non-hydrogen) atoms. The van der Waals surface area contributed by atoms with E-state index in [0.717, 1.165) is 100 Å². The predicted molar refractivity (Wildman–Crippen MR) is 457 cm³/mol. The van der Waals surface area contributed by atoms with Gasteiger partial charge in [-0.25, -0.2) is 24.9 Å². The standard InChI is InChI=1S/C98H56N6S4/c99-57-58-16-14-23-71(48-58)85-56-86(101-95(100-85)61-19-6-2-7-20-61)79-49-64(66-37-44-89-80(50-66)75-24-10-12-28-87(75)105-89)34-41-72(79)68-40-47-92-83(54-68)78-27-15-26-74(94(78)108-92)70-36-43-77-81-51-67(38-45-91(81)107-93(77)55-70)65-35-42-73(69-39-46-90-82(53-69)76-25-11-13-29-88(76)106-90)84(52-65)98-103-96(62-21-8-3-9-22-62)102-97(104-98)63-32-30-60(31-33-63)59-17-4-1-5-18-59/h1-56H. The zero-order valence-electron chi connectivity index (χ0n) is 57.6. The van der Waals surface area contributed by atoms with Crippen molar-refractivity contribution in [2.45, 2.75) is 0 Å². The Morgan fingerprint density at radius 1 is 0.194 bits per heavy atom. The van der Waals surface area contributed by atoms with Gasteiger partial charge < -0.3 is 0 Å². The molecule has 10 heteroatoms. The maximum atomic E-state index is 10.1. The summed E-state index contributed by atoms with van der Waals surface area (Å²) in [6.45, 7) is 0. The minimum atomic E-state index is 0.572. The van der Waals surface area contributed by atoms with Crippen LogP contribution in [0.4, 0.5) is 0 Å². The van der Waals surface area contributed by atoms with Gasteiger partial charge in [0.25, 0.3) is 0 Å². The Bertz CT molecular complexity index is 7250. The Balaban J connectivity index is 0.664. The summed E-state index contributed by atoms with van der Waals surface area (Å²) in [5.41, 5.74) is 20.9. The van der Waals surface area contributed by atoms with Crippen molar-refractivity contribution in [1.82, 2.24) is 24.9 Å². The monoisotopic (exact) mass is 1440 g/mol. The minimum absolute atomic E-state index is 0.572. The van der Waals surface area contributed by atoms with E-state index in [1.165, 1.54) is 91.8 Å². The van der Waals surface area contributed by atoms with Crippen molar-refractivity contribution in [3.8, 4) is 141 Å². The van der Waals surface area contributed by atoms with Crippen LogP contribution in [0.25, 0.3) is 216 Å². The Morgan fingerprint density at radius 2 is 0.583 bits per heavy atom. The van der Waals surface area contributed by atoms with Crippen molar-refractivity contribution in [3.63, 3.8) is 0 Å². The third-order valence-corrected chi connectivity index (χ3v) is 25.5. The highest BCUT2D eigenvalue weighted by molar-refractivity contribution is 7.27. The fourth-order valence-corrected chi connectivity index (χ4v) is 20.0. The molecule has 0 amide bonds. The van der Waals surface area contributed by atoms with Crippen molar-refractivity contribution < 1.29 is 0 Å². The van der Waals surface area contributed by atoms with Crippen LogP contribution in [0.15, 0.2) is 340 Å². The van der Waals surface area contributed by atoms with Gasteiger partial charge in [0.1, 0.15) is 0 Å². The van der Waals surface area contributed by atoms with Crippen molar-refractivity contribution >= 4 is 126 Å². The van der Waals surface area contributed by atoms with Gasteiger partial charge >= 0.3 is 0 Å². The first-order valence-electron chi connectivity index (χ1n) is 35.9. The molecule has 15 aromatic carbocycles. The lowest BCUT2D eigenvalue weighted by Crippen LogP contribution is -2.01. The topological polar surface area (TPSA) is 88.2 Å². The van der Waals surface area contributed by atoms with Gasteiger partial charge in [0.2, 0.25) is 0 Å². The summed E-state index contributed by atoms with van der Waals surface area (Å²) >= 11 is 7.35. The Kier molecular flexibility index (Phi) is 15.3. The normalized spacial score (nSPS) is 11.7. The molecule has 0 bridgehead atoms. The largest absolute Gasteiger partial charge is 0.228 e. The molecule has 0 aliphatic carbocycles. The van der Waals surface area contributed by atoms with Crippen LogP contribution >= 0.6 is 45.3 Å². The highest BCUT2D eigenvalue weighted by Crippen LogP contribution is 2.48. The lowest BCUT2D eigenvalue weighted by Gasteiger charge is -2.15. The van der Waals surface area contributed by atoms with E-state index in [0.29, 0.717) is 28.9 Å². The number of hydrogen-bond acceptors (Lipinski definition) is 10. The fourth-order valence-electron chi connectivity index (χ4n) is 15.4. The van der Waals surface area contributed by atoms with E-state index < -0.39 is 0 Å². The van der Waals surface area contributed by atoms with E-state index in [9.17, 15) is 5.26 Å². The van der Waals surface area contributed by atoms with E-state index in [1.54, 1.807) is 0 Å². The van der Waals surface area contributed by atoms with Gasteiger partial charge in [0, 0.05) is 114 Å². The van der Waals surface area contributed by atoms with E-state index in [1.807, 2.05) is 112 Å². The first-order valence-corrected chi connectivity index (χ1v) is 39.1. The van der Waals surface area contributed by atoms with Gasteiger partial charge in [0.05, 0.1) is 23.0 Å². The first kappa shape index (κ1) is 63.3. The summed E-state index contributed by atoms with van der Waals surface area (Å²) in [6.07, 6.45) is 0.